The van der Waals surface area contributed by atoms with E-state index in [1.807, 2.05) is 6.26 Å². The maximum atomic E-state index is 11.2. The predicted molar refractivity (Wildman–Crippen MR) is 46.3 cm³/mol. The van der Waals surface area contributed by atoms with Gasteiger partial charge in [-0.05, 0) is 6.26 Å². The zero-order valence-electron chi connectivity index (χ0n) is 6.29. The summed E-state index contributed by atoms with van der Waals surface area (Å²) in [5.41, 5.74) is 0.706. The smallest absolute Gasteiger partial charge is 0.277 e. The second-order valence-corrected chi connectivity index (χ2v) is 2.97. The van der Waals surface area contributed by atoms with Gasteiger partial charge in [-0.1, -0.05) is 11.8 Å². The molecule has 62 valence electrons. The maximum Gasteiger partial charge on any atom is 0.277 e. The van der Waals surface area contributed by atoms with Crippen molar-refractivity contribution in [3.8, 4) is 0 Å². The standard InChI is InChI=1S/C6H6N4OS/c1-12-6-9-4-3(5(11)10-6)7-2-8-4/h2H,1H3,(H2,7,8,9,10,11). The van der Waals surface area contributed by atoms with Crippen LogP contribution >= 0.6 is 11.8 Å². The lowest BCUT2D eigenvalue weighted by Gasteiger charge is -1.92. The fourth-order valence-corrected chi connectivity index (χ4v) is 1.29. The second-order valence-electron chi connectivity index (χ2n) is 2.18. The molecule has 0 fully saturated rings. The van der Waals surface area contributed by atoms with E-state index in [0.29, 0.717) is 16.3 Å². The zero-order chi connectivity index (χ0) is 8.55. The molecular weight excluding hydrogens is 176 g/mol. The Morgan fingerprint density at radius 1 is 1.58 bits per heavy atom. The Bertz CT molecular complexity index is 460. The van der Waals surface area contributed by atoms with Crippen molar-refractivity contribution >= 4 is 22.9 Å². The van der Waals surface area contributed by atoms with Crippen LogP contribution in [-0.4, -0.2) is 26.2 Å². The van der Waals surface area contributed by atoms with Crippen LogP contribution in [0.2, 0.25) is 0 Å². The Balaban J connectivity index is 2.84. The summed E-state index contributed by atoms with van der Waals surface area (Å²) in [5, 5.41) is 0.583. The van der Waals surface area contributed by atoms with Gasteiger partial charge in [0.25, 0.3) is 5.56 Å². The SMILES string of the molecule is CSc1nc2nc[nH]c2c(=O)[nH]1. The first kappa shape index (κ1) is 7.35. The van der Waals surface area contributed by atoms with Crippen molar-refractivity contribution in [2.45, 2.75) is 5.16 Å². The molecule has 2 aromatic rings. The van der Waals surface area contributed by atoms with Crippen molar-refractivity contribution in [2.24, 2.45) is 0 Å². The van der Waals surface area contributed by atoms with Gasteiger partial charge in [0.2, 0.25) is 0 Å². The van der Waals surface area contributed by atoms with Crippen molar-refractivity contribution < 1.29 is 0 Å². The normalized spacial score (nSPS) is 10.8. The topological polar surface area (TPSA) is 74.4 Å². The molecule has 0 radical (unpaired) electrons. The van der Waals surface area contributed by atoms with E-state index in [1.54, 1.807) is 0 Å². The number of nitrogens with one attached hydrogen (secondary N) is 2. The molecule has 0 saturated heterocycles. The van der Waals surface area contributed by atoms with E-state index >= 15 is 0 Å². The van der Waals surface area contributed by atoms with Crippen LogP contribution in [0, 0.1) is 0 Å². The lowest BCUT2D eigenvalue weighted by atomic mass is 10.6. The Kier molecular flexibility index (Phi) is 1.61. The number of thioether (sulfide) groups is 1. The number of imidazole rings is 1. The van der Waals surface area contributed by atoms with Gasteiger partial charge >= 0.3 is 0 Å². The van der Waals surface area contributed by atoms with Gasteiger partial charge < -0.3 is 4.98 Å². The average Bonchev–Trinajstić information content (AvgIpc) is 2.52. The fraction of sp³-hybridized carbons (Fsp3) is 0.167. The molecule has 0 aromatic carbocycles. The first-order valence-electron chi connectivity index (χ1n) is 3.28. The van der Waals surface area contributed by atoms with Crippen LogP contribution in [0.15, 0.2) is 16.3 Å². The lowest BCUT2D eigenvalue weighted by molar-refractivity contribution is 0.968. The number of H-pyrrole nitrogens is 2. The molecule has 2 N–H and O–H groups in total. The summed E-state index contributed by atoms with van der Waals surface area (Å²) in [6.07, 6.45) is 3.30. The minimum absolute atomic E-state index is 0.179. The van der Waals surface area contributed by atoms with Gasteiger partial charge in [0.05, 0.1) is 6.33 Å². The van der Waals surface area contributed by atoms with Gasteiger partial charge in [-0.15, -0.1) is 0 Å². The van der Waals surface area contributed by atoms with E-state index in [4.69, 9.17) is 0 Å². The second kappa shape index (κ2) is 2.63. The number of aromatic nitrogens is 4. The molecular formula is C6H6N4OS. The van der Waals surface area contributed by atoms with Gasteiger partial charge in [0, 0.05) is 0 Å². The summed E-state index contributed by atoms with van der Waals surface area (Å²) in [6.45, 7) is 0. The number of aromatic amines is 2. The third-order valence-electron chi connectivity index (χ3n) is 1.47. The Labute approximate surface area is 71.6 Å². The number of nitrogens with zero attached hydrogens (tertiary/aromatic N) is 2. The van der Waals surface area contributed by atoms with Gasteiger partial charge in [0.1, 0.15) is 0 Å². The summed E-state index contributed by atoms with van der Waals surface area (Å²) >= 11 is 1.38. The van der Waals surface area contributed by atoms with Gasteiger partial charge in [-0.3, -0.25) is 9.78 Å². The largest absolute Gasteiger partial charge is 0.339 e. The number of hydrogen-bond donors (Lipinski definition) is 2. The van der Waals surface area contributed by atoms with Gasteiger partial charge in [-0.2, -0.15) is 0 Å². The monoisotopic (exact) mass is 182 g/mol. The maximum absolute atomic E-state index is 11.2. The van der Waals surface area contributed by atoms with E-state index in [-0.39, 0.29) is 5.56 Å². The Morgan fingerprint density at radius 2 is 2.42 bits per heavy atom. The molecule has 6 heteroatoms. The summed E-state index contributed by atoms with van der Waals surface area (Å²) in [7, 11) is 0. The molecule has 0 unspecified atom stereocenters. The van der Waals surface area contributed by atoms with Crippen LogP contribution in [0.3, 0.4) is 0 Å². The molecule has 0 atom stereocenters. The van der Waals surface area contributed by atoms with E-state index in [2.05, 4.69) is 19.9 Å². The number of fused-ring (bicyclic) bond motifs is 1. The highest BCUT2D eigenvalue weighted by atomic mass is 32.2. The predicted octanol–water partition coefficient (Wildman–Crippen LogP) is 0.368. The third kappa shape index (κ3) is 1.00. The highest BCUT2D eigenvalue weighted by Gasteiger charge is 2.03. The molecule has 0 amide bonds. The van der Waals surface area contributed by atoms with Gasteiger partial charge in [0.15, 0.2) is 16.3 Å². The quantitative estimate of drug-likeness (QED) is 0.493. The highest BCUT2D eigenvalue weighted by Crippen LogP contribution is 2.07. The molecule has 0 aliphatic heterocycles. The lowest BCUT2D eigenvalue weighted by Crippen LogP contribution is -2.08. The van der Waals surface area contributed by atoms with E-state index in [9.17, 15) is 4.79 Å². The molecule has 0 bridgehead atoms. The van der Waals surface area contributed by atoms with Crippen LogP contribution in [0.1, 0.15) is 0 Å². The zero-order valence-corrected chi connectivity index (χ0v) is 7.10. The van der Waals surface area contributed by atoms with Crippen LogP contribution in [-0.2, 0) is 0 Å². The molecule has 12 heavy (non-hydrogen) atoms. The summed E-state index contributed by atoms with van der Waals surface area (Å²) in [6, 6.07) is 0. The minimum Gasteiger partial charge on any atom is -0.339 e. The van der Waals surface area contributed by atoms with Crippen molar-refractivity contribution in [3.63, 3.8) is 0 Å². The number of rotatable bonds is 1. The number of hydrogen-bond acceptors (Lipinski definition) is 4. The molecule has 5 nitrogen and oxygen atoms in total. The van der Waals surface area contributed by atoms with E-state index in [1.165, 1.54) is 18.1 Å². The molecule has 0 aliphatic rings. The molecule has 0 saturated carbocycles. The van der Waals surface area contributed by atoms with Crippen molar-refractivity contribution in [3.05, 3.63) is 16.7 Å². The first-order chi connectivity index (χ1) is 5.81. The molecule has 0 spiro atoms. The van der Waals surface area contributed by atoms with Crippen molar-refractivity contribution in [2.75, 3.05) is 6.26 Å². The summed E-state index contributed by atoms with van der Waals surface area (Å²) in [5.74, 6) is 0. The van der Waals surface area contributed by atoms with Crippen molar-refractivity contribution in [1.82, 2.24) is 19.9 Å². The van der Waals surface area contributed by atoms with E-state index < -0.39 is 0 Å². The summed E-state index contributed by atoms with van der Waals surface area (Å²) < 4.78 is 0. The minimum atomic E-state index is -0.179. The fourth-order valence-electron chi connectivity index (χ4n) is 0.919. The Hall–Kier alpha value is -1.30. The molecule has 0 aliphatic carbocycles. The Morgan fingerprint density at radius 3 is 3.17 bits per heavy atom. The van der Waals surface area contributed by atoms with Crippen LogP contribution in [0.5, 0.6) is 0 Å². The van der Waals surface area contributed by atoms with E-state index in [0.717, 1.165) is 0 Å². The molecule has 2 heterocycles. The van der Waals surface area contributed by atoms with Crippen molar-refractivity contribution in [1.29, 1.82) is 0 Å². The third-order valence-corrected chi connectivity index (χ3v) is 2.05. The molecule has 2 aromatic heterocycles. The van der Waals surface area contributed by atoms with Gasteiger partial charge in [-0.25, -0.2) is 9.97 Å². The first-order valence-corrected chi connectivity index (χ1v) is 4.51. The summed E-state index contributed by atoms with van der Waals surface area (Å²) in [4.78, 5) is 24.5. The highest BCUT2D eigenvalue weighted by molar-refractivity contribution is 7.98. The van der Waals surface area contributed by atoms with Crippen LogP contribution in [0.25, 0.3) is 11.2 Å². The van der Waals surface area contributed by atoms with Crippen LogP contribution < -0.4 is 5.56 Å². The van der Waals surface area contributed by atoms with Crippen LogP contribution in [0.4, 0.5) is 0 Å². The average molecular weight is 182 g/mol. The molecule has 2 rings (SSSR count).